The van der Waals surface area contributed by atoms with Gasteiger partial charge in [0.05, 0.1) is 13.2 Å². The highest BCUT2D eigenvalue weighted by atomic mass is 16.6. The van der Waals surface area contributed by atoms with Gasteiger partial charge in [-0.1, -0.05) is 37.2 Å². The molecule has 1 aromatic carbocycles. The van der Waals surface area contributed by atoms with Crippen molar-refractivity contribution in [2.75, 3.05) is 20.2 Å². The maximum Gasteiger partial charge on any atom is 0.311 e. The van der Waals surface area contributed by atoms with Crippen LogP contribution < -0.4 is 4.74 Å². The van der Waals surface area contributed by atoms with Crippen molar-refractivity contribution in [2.45, 2.75) is 52.0 Å². The molecule has 1 aliphatic rings. The van der Waals surface area contributed by atoms with Gasteiger partial charge in [-0.15, -0.1) is 0 Å². The quantitative estimate of drug-likeness (QED) is 0.758. The summed E-state index contributed by atoms with van der Waals surface area (Å²) in [6.45, 7) is 6.92. The second-order valence-electron chi connectivity index (χ2n) is 6.61. The zero-order chi connectivity index (χ0) is 16.9. The van der Waals surface area contributed by atoms with E-state index >= 15 is 0 Å². The molecule has 1 heterocycles. The van der Waals surface area contributed by atoms with Crippen molar-refractivity contribution in [1.82, 2.24) is 10.1 Å². The minimum absolute atomic E-state index is 0.466. The minimum Gasteiger partial charge on any atom is -0.467 e. The molecule has 1 aromatic heterocycles. The first-order chi connectivity index (χ1) is 11.8. The van der Waals surface area contributed by atoms with Crippen LogP contribution in [-0.4, -0.2) is 36.3 Å². The molecule has 0 fully saturated rings. The summed E-state index contributed by atoms with van der Waals surface area (Å²) < 4.78 is 10.4. The third-order valence-electron chi connectivity index (χ3n) is 4.96. The molecule has 1 unspecified atom stereocenters. The number of rotatable bonds is 7. The molecule has 1 aliphatic carbocycles. The van der Waals surface area contributed by atoms with Gasteiger partial charge in [-0.05, 0) is 56.3 Å². The Kier molecular flexibility index (Phi) is 5.56. The summed E-state index contributed by atoms with van der Waals surface area (Å²) in [6, 6.07) is 9.06. The van der Waals surface area contributed by atoms with E-state index in [2.05, 4.69) is 42.1 Å². The van der Waals surface area contributed by atoms with Crippen LogP contribution in [-0.2, 0) is 12.8 Å². The van der Waals surface area contributed by atoms with E-state index < -0.39 is 0 Å². The second-order valence-corrected chi connectivity index (χ2v) is 6.61. The summed E-state index contributed by atoms with van der Waals surface area (Å²) in [5, 5.41) is 4.19. The summed E-state index contributed by atoms with van der Waals surface area (Å²) in [6.07, 6.45) is 5.92. The highest BCUT2D eigenvalue weighted by Gasteiger charge is 2.26. The second kappa shape index (κ2) is 7.84. The summed E-state index contributed by atoms with van der Waals surface area (Å²) in [7, 11) is 1.61. The van der Waals surface area contributed by atoms with Crippen molar-refractivity contribution in [3.05, 3.63) is 35.4 Å². The fourth-order valence-electron chi connectivity index (χ4n) is 3.85. The Balaban J connectivity index is 1.89. The highest BCUT2D eigenvalue weighted by Crippen LogP contribution is 2.34. The predicted molar refractivity (Wildman–Crippen MR) is 96.5 cm³/mol. The SMILES string of the molecule is CCCN(CCC)C1CCc2cccc(-c3cc(OC)on3)c2C1. The van der Waals surface area contributed by atoms with E-state index in [1.165, 1.54) is 49.0 Å². The number of aryl methyl sites for hydroxylation is 1. The van der Waals surface area contributed by atoms with Gasteiger partial charge in [-0.3, -0.25) is 0 Å². The largest absolute Gasteiger partial charge is 0.467 e. The average Bonchev–Trinajstić information content (AvgIpc) is 3.09. The molecule has 2 aromatic rings. The molecule has 0 aliphatic heterocycles. The lowest BCUT2D eigenvalue weighted by molar-refractivity contribution is 0.180. The molecule has 0 bridgehead atoms. The van der Waals surface area contributed by atoms with E-state index in [0.717, 1.165) is 18.5 Å². The van der Waals surface area contributed by atoms with Crippen LogP contribution in [0.2, 0.25) is 0 Å². The van der Waals surface area contributed by atoms with Crippen LogP contribution in [0.25, 0.3) is 11.3 Å². The van der Waals surface area contributed by atoms with Gasteiger partial charge in [0.25, 0.3) is 0 Å². The van der Waals surface area contributed by atoms with Crippen molar-refractivity contribution in [1.29, 1.82) is 0 Å². The smallest absolute Gasteiger partial charge is 0.311 e. The molecule has 0 saturated carbocycles. The molecular weight excluding hydrogens is 300 g/mol. The normalized spacial score (nSPS) is 17.1. The number of fused-ring (bicyclic) bond motifs is 1. The maximum atomic E-state index is 5.23. The van der Waals surface area contributed by atoms with Gasteiger partial charge in [0, 0.05) is 11.6 Å². The summed E-state index contributed by atoms with van der Waals surface area (Å²) >= 11 is 0. The van der Waals surface area contributed by atoms with Gasteiger partial charge in [0.2, 0.25) is 0 Å². The van der Waals surface area contributed by atoms with Crippen LogP contribution in [0.3, 0.4) is 0 Å². The van der Waals surface area contributed by atoms with Crippen molar-refractivity contribution in [3.63, 3.8) is 0 Å². The Morgan fingerprint density at radius 2 is 2.04 bits per heavy atom. The van der Waals surface area contributed by atoms with E-state index in [4.69, 9.17) is 9.26 Å². The van der Waals surface area contributed by atoms with Gasteiger partial charge in [0.1, 0.15) is 5.69 Å². The third-order valence-corrected chi connectivity index (χ3v) is 4.96. The van der Waals surface area contributed by atoms with Gasteiger partial charge in [0.15, 0.2) is 0 Å². The molecule has 0 spiro atoms. The van der Waals surface area contributed by atoms with E-state index in [0.29, 0.717) is 12.0 Å². The Morgan fingerprint density at radius 3 is 2.71 bits per heavy atom. The number of methoxy groups -OCH3 is 1. The number of benzene rings is 1. The third kappa shape index (κ3) is 3.48. The zero-order valence-corrected chi connectivity index (χ0v) is 15.0. The van der Waals surface area contributed by atoms with Crippen LogP contribution in [0.4, 0.5) is 0 Å². The molecular formula is C20H28N2O2. The fourth-order valence-corrected chi connectivity index (χ4v) is 3.85. The molecule has 0 saturated heterocycles. The van der Waals surface area contributed by atoms with Gasteiger partial charge >= 0.3 is 5.95 Å². The van der Waals surface area contributed by atoms with Crippen molar-refractivity contribution in [2.24, 2.45) is 0 Å². The average molecular weight is 328 g/mol. The Bertz CT molecular complexity index is 659. The lowest BCUT2D eigenvalue weighted by Gasteiger charge is -2.35. The first kappa shape index (κ1) is 17.0. The van der Waals surface area contributed by atoms with Gasteiger partial charge < -0.3 is 14.2 Å². The van der Waals surface area contributed by atoms with E-state index in [1.807, 2.05) is 6.07 Å². The zero-order valence-electron chi connectivity index (χ0n) is 15.0. The molecule has 4 nitrogen and oxygen atoms in total. The molecule has 4 heteroatoms. The topological polar surface area (TPSA) is 38.5 Å². The number of nitrogens with zero attached hydrogens (tertiary/aromatic N) is 2. The van der Waals surface area contributed by atoms with Crippen LogP contribution in [0.1, 0.15) is 44.2 Å². The molecule has 24 heavy (non-hydrogen) atoms. The van der Waals surface area contributed by atoms with Crippen LogP contribution in [0.15, 0.2) is 28.8 Å². The lowest BCUT2D eigenvalue weighted by Crippen LogP contribution is -2.40. The Morgan fingerprint density at radius 1 is 1.25 bits per heavy atom. The number of ether oxygens (including phenoxy) is 1. The van der Waals surface area contributed by atoms with E-state index in [9.17, 15) is 0 Å². The van der Waals surface area contributed by atoms with Crippen LogP contribution in [0.5, 0.6) is 5.95 Å². The first-order valence-electron chi connectivity index (χ1n) is 9.12. The van der Waals surface area contributed by atoms with Crippen molar-refractivity contribution < 1.29 is 9.26 Å². The predicted octanol–water partition coefficient (Wildman–Crippen LogP) is 4.33. The van der Waals surface area contributed by atoms with Crippen LogP contribution in [0, 0.1) is 0 Å². The summed E-state index contributed by atoms with van der Waals surface area (Å²) in [5.41, 5.74) is 4.96. The molecule has 0 N–H and O–H groups in total. The minimum atomic E-state index is 0.466. The van der Waals surface area contributed by atoms with Crippen molar-refractivity contribution >= 4 is 0 Å². The van der Waals surface area contributed by atoms with E-state index in [1.54, 1.807) is 7.11 Å². The van der Waals surface area contributed by atoms with Gasteiger partial charge in [-0.25, -0.2) is 0 Å². The van der Waals surface area contributed by atoms with Gasteiger partial charge in [-0.2, -0.15) is 0 Å². The summed E-state index contributed by atoms with van der Waals surface area (Å²) in [5.74, 6) is 0.466. The lowest BCUT2D eigenvalue weighted by atomic mass is 9.83. The summed E-state index contributed by atoms with van der Waals surface area (Å²) in [4.78, 5) is 2.67. The highest BCUT2D eigenvalue weighted by molar-refractivity contribution is 5.66. The molecule has 0 amide bonds. The fraction of sp³-hybridized carbons (Fsp3) is 0.550. The monoisotopic (exact) mass is 328 g/mol. The maximum absolute atomic E-state index is 5.23. The number of aromatic nitrogens is 1. The van der Waals surface area contributed by atoms with E-state index in [-0.39, 0.29) is 0 Å². The molecule has 0 radical (unpaired) electrons. The molecule has 130 valence electrons. The molecule has 1 atom stereocenters. The first-order valence-corrected chi connectivity index (χ1v) is 9.12. The van der Waals surface area contributed by atoms with Crippen molar-refractivity contribution in [3.8, 4) is 17.2 Å². The standard InChI is InChI=1S/C20H28N2O2/c1-4-11-22(12-5-2)16-10-9-15-7-6-8-17(18(15)13-16)19-14-20(23-3)24-21-19/h6-8,14,16H,4-5,9-13H2,1-3H3. The van der Waals surface area contributed by atoms with Crippen LogP contribution >= 0.6 is 0 Å². The molecule has 3 rings (SSSR count). The Hall–Kier alpha value is -1.81. The number of hydrogen-bond acceptors (Lipinski definition) is 4. The number of hydrogen-bond donors (Lipinski definition) is 0. The Labute approximate surface area is 144 Å².